The van der Waals surface area contributed by atoms with Crippen molar-refractivity contribution in [2.45, 2.75) is 12.0 Å². The largest absolute Gasteiger partial charge is 0.454 e. The van der Waals surface area contributed by atoms with Gasteiger partial charge < -0.3 is 9.32 Å². The minimum atomic E-state index is 0.114. The molecule has 2 aromatic heterocycles. The van der Waals surface area contributed by atoms with Crippen molar-refractivity contribution in [2.24, 2.45) is 0 Å². The van der Waals surface area contributed by atoms with Crippen LogP contribution in [-0.2, 0) is 0 Å². The molecule has 8 aromatic rings. The Bertz CT molecular complexity index is 2550. The Morgan fingerprint density at radius 3 is 1.84 bits per heavy atom. The molecule has 6 aromatic carbocycles. The summed E-state index contributed by atoms with van der Waals surface area (Å²) < 4.78 is 6.82. The molecule has 0 spiro atoms. The van der Waals surface area contributed by atoms with E-state index in [1.165, 1.54) is 22.4 Å². The van der Waals surface area contributed by atoms with Crippen LogP contribution in [0.3, 0.4) is 0 Å². The molecular weight excluding hydrogens is 613 g/mol. The standard InChI is InChI=1S/C45H30N4O/c1-4-14-29(15-5-1)32-26-27-38-36(28-32)33-20-10-11-23-37(33)49(38)39-24-12-21-34-41-35(22-13-25-40(41)50-42(34)39)45-47-43(30-16-6-2-7-17-30)46-44(48-45)31-18-8-3-9-19-31/h1-28,36,38H. The Labute approximate surface area is 289 Å². The number of hydrogen-bond donors (Lipinski definition) is 0. The first-order chi connectivity index (χ1) is 24.8. The van der Waals surface area contributed by atoms with E-state index in [9.17, 15) is 0 Å². The van der Waals surface area contributed by atoms with Gasteiger partial charge in [0.05, 0.1) is 11.7 Å². The highest BCUT2D eigenvalue weighted by Gasteiger charge is 2.39. The molecular formula is C45H30N4O. The molecule has 3 heterocycles. The maximum atomic E-state index is 6.82. The Hall–Kier alpha value is -6.59. The average molecular weight is 643 g/mol. The number of aromatic nitrogens is 3. The number of nitrogens with zero attached hydrogens (tertiary/aromatic N) is 4. The highest BCUT2D eigenvalue weighted by atomic mass is 16.3. The van der Waals surface area contributed by atoms with Crippen LogP contribution in [0.4, 0.5) is 11.4 Å². The van der Waals surface area contributed by atoms with Gasteiger partial charge in [0.2, 0.25) is 0 Å². The molecule has 50 heavy (non-hydrogen) atoms. The van der Waals surface area contributed by atoms with Crippen LogP contribution in [0.25, 0.3) is 61.7 Å². The van der Waals surface area contributed by atoms with Crippen molar-refractivity contribution in [3.63, 3.8) is 0 Å². The second kappa shape index (κ2) is 11.5. The van der Waals surface area contributed by atoms with Crippen molar-refractivity contribution in [1.29, 1.82) is 0 Å². The number of hydrogen-bond acceptors (Lipinski definition) is 5. The molecule has 2 aliphatic rings. The van der Waals surface area contributed by atoms with E-state index in [1.54, 1.807) is 0 Å². The van der Waals surface area contributed by atoms with Crippen molar-refractivity contribution in [1.82, 2.24) is 15.0 Å². The zero-order valence-corrected chi connectivity index (χ0v) is 27.0. The van der Waals surface area contributed by atoms with Gasteiger partial charge in [0.15, 0.2) is 23.1 Å². The quantitative estimate of drug-likeness (QED) is 0.187. The molecule has 1 aliphatic carbocycles. The number of furan rings is 1. The van der Waals surface area contributed by atoms with Gasteiger partial charge in [-0.2, -0.15) is 0 Å². The number of anilines is 2. The van der Waals surface area contributed by atoms with E-state index < -0.39 is 0 Å². The zero-order valence-electron chi connectivity index (χ0n) is 27.0. The molecule has 0 amide bonds. The minimum absolute atomic E-state index is 0.114. The van der Waals surface area contributed by atoms with Crippen molar-refractivity contribution in [3.05, 3.63) is 181 Å². The fourth-order valence-electron chi connectivity index (χ4n) is 7.59. The van der Waals surface area contributed by atoms with Crippen LogP contribution in [0, 0.1) is 0 Å². The summed E-state index contributed by atoms with van der Waals surface area (Å²) in [6.45, 7) is 0. The number of rotatable bonds is 5. The highest BCUT2D eigenvalue weighted by Crippen LogP contribution is 2.51. The first-order valence-electron chi connectivity index (χ1n) is 17.0. The van der Waals surface area contributed by atoms with Gasteiger partial charge in [-0.1, -0.05) is 152 Å². The molecule has 0 saturated heterocycles. The molecule has 2 atom stereocenters. The molecule has 0 saturated carbocycles. The lowest BCUT2D eigenvalue weighted by atomic mass is 9.86. The third-order valence-electron chi connectivity index (χ3n) is 9.86. The minimum Gasteiger partial charge on any atom is -0.454 e. The van der Waals surface area contributed by atoms with E-state index >= 15 is 0 Å². The van der Waals surface area contributed by atoms with Crippen LogP contribution in [-0.4, -0.2) is 21.0 Å². The smallest absolute Gasteiger partial charge is 0.164 e. The van der Waals surface area contributed by atoms with Crippen molar-refractivity contribution < 1.29 is 4.42 Å². The Kier molecular flexibility index (Phi) is 6.56. The summed E-state index contributed by atoms with van der Waals surface area (Å²) in [7, 11) is 0. The fourth-order valence-corrected chi connectivity index (χ4v) is 7.59. The van der Waals surface area contributed by atoms with Gasteiger partial charge in [-0.05, 0) is 34.9 Å². The van der Waals surface area contributed by atoms with Gasteiger partial charge in [-0.15, -0.1) is 0 Å². The normalized spacial score (nSPS) is 16.4. The maximum Gasteiger partial charge on any atom is 0.164 e. The second-order valence-corrected chi connectivity index (χ2v) is 12.8. The Morgan fingerprint density at radius 1 is 0.520 bits per heavy atom. The lowest BCUT2D eigenvalue weighted by Gasteiger charge is -2.29. The van der Waals surface area contributed by atoms with Crippen molar-refractivity contribution in [2.75, 3.05) is 4.90 Å². The van der Waals surface area contributed by atoms with Gasteiger partial charge in [0.1, 0.15) is 5.58 Å². The SMILES string of the molecule is C1=CC2C(C=C1c1ccccc1)c1ccccc1N2c1cccc2c1oc1cccc(-c3nc(-c4ccccc4)nc(-c4ccccc4)n3)c12. The van der Waals surface area contributed by atoms with Crippen LogP contribution >= 0.6 is 0 Å². The average Bonchev–Trinajstić information content (AvgIpc) is 3.74. The molecule has 1 aliphatic heterocycles. The second-order valence-electron chi connectivity index (χ2n) is 12.8. The molecule has 0 N–H and O–H groups in total. The lowest BCUT2D eigenvalue weighted by Crippen LogP contribution is -2.29. The summed E-state index contributed by atoms with van der Waals surface area (Å²) >= 11 is 0. The zero-order chi connectivity index (χ0) is 33.0. The summed E-state index contributed by atoms with van der Waals surface area (Å²) in [6.07, 6.45) is 7.04. The monoisotopic (exact) mass is 642 g/mol. The van der Waals surface area contributed by atoms with E-state index in [2.05, 4.69) is 102 Å². The predicted octanol–water partition coefficient (Wildman–Crippen LogP) is 11.0. The summed E-state index contributed by atoms with van der Waals surface area (Å²) in [6, 6.07) is 52.3. The number of allylic oxidation sites excluding steroid dienone is 2. The van der Waals surface area contributed by atoms with Gasteiger partial charge in [0, 0.05) is 39.1 Å². The summed E-state index contributed by atoms with van der Waals surface area (Å²) in [4.78, 5) is 17.5. The molecule has 2 unspecified atom stereocenters. The Morgan fingerprint density at radius 2 is 1.12 bits per heavy atom. The van der Waals surface area contributed by atoms with E-state index in [0.29, 0.717) is 17.5 Å². The van der Waals surface area contributed by atoms with E-state index in [-0.39, 0.29) is 12.0 Å². The molecule has 5 nitrogen and oxygen atoms in total. The molecule has 0 fully saturated rings. The first kappa shape index (κ1) is 28.4. The molecule has 0 radical (unpaired) electrons. The first-order valence-corrected chi connectivity index (χ1v) is 17.0. The highest BCUT2D eigenvalue weighted by molar-refractivity contribution is 6.15. The maximum absolute atomic E-state index is 6.82. The third-order valence-corrected chi connectivity index (χ3v) is 9.86. The molecule has 10 rings (SSSR count). The van der Waals surface area contributed by atoms with Crippen LogP contribution < -0.4 is 4.90 Å². The third kappa shape index (κ3) is 4.59. The van der Waals surface area contributed by atoms with Crippen molar-refractivity contribution >= 4 is 38.9 Å². The van der Waals surface area contributed by atoms with Gasteiger partial charge >= 0.3 is 0 Å². The lowest BCUT2D eigenvalue weighted by molar-refractivity contribution is 0.664. The predicted molar refractivity (Wildman–Crippen MR) is 202 cm³/mol. The van der Waals surface area contributed by atoms with Crippen molar-refractivity contribution in [3.8, 4) is 34.2 Å². The summed E-state index contributed by atoms with van der Waals surface area (Å²) in [5.74, 6) is 2.08. The van der Waals surface area contributed by atoms with Gasteiger partial charge in [-0.3, -0.25) is 0 Å². The Balaban J connectivity index is 1.14. The molecule has 236 valence electrons. The summed E-state index contributed by atoms with van der Waals surface area (Å²) in [5.41, 5.74) is 10.4. The topological polar surface area (TPSA) is 55.1 Å². The van der Waals surface area contributed by atoms with E-state index in [1.807, 2.05) is 72.8 Å². The fraction of sp³-hybridized carbons (Fsp3) is 0.0444. The van der Waals surface area contributed by atoms with Crippen LogP contribution in [0.15, 0.2) is 174 Å². The van der Waals surface area contributed by atoms with Crippen LogP contribution in [0.2, 0.25) is 0 Å². The van der Waals surface area contributed by atoms with E-state index in [4.69, 9.17) is 19.4 Å². The van der Waals surface area contributed by atoms with Crippen LogP contribution in [0.5, 0.6) is 0 Å². The number of fused-ring (bicyclic) bond motifs is 6. The van der Waals surface area contributed by atoms with Crippen LogP contribution in [0.1, 0.15) is 17.0 Å². The molecule has 5 heteroatoms. The van der Waals surface area contributed by atoms with Gasteiger partial charge in [-0.25, -0.2) is 15.0 Å². The van der Waals surface area contributed by atoms with Gasteiger partial charge in [0.25, 0.3) is 0 Å². The molecule has 0 bridgehead atoms. The number of benzene rings is 6. The summed E-state index contributed by atoms with van der Waals surface area (Å²) in [5, 5.41) is 2.01. The number of para-hydroxylation sites is 2. The van der Waals surface area contributed by atoms with E-state index in [0.717, 1.165) is 44.3 Å².